The Morgan fingerprint density at radius 2 is 1.77 bits per heavy atom. The minimum Gasteiger partial charge on any atom is -0.324 e. The SMILES string of the molecule is Cc1cc(C)c(NC(=O)[C@@H](C)n2cnc3scc(-c4ccccc4)c3c2=O)c(C)c1. The van der Waals surface area contributed by atoms with E-state index in [9.17, 15) is 9.59 Å². The maximum atomic E-state index is 13.3. The molecule has 0 unspecified atom stereocenters. The topological polar surface area (TPSA) is 64.0 Å². The van der Waals surface area contributed by atoms with Gasteiger partial charge in [-0.3, -0.25) is 14.2 Å². The highest BCUT2D eigenvalue weighted by molar-refractivity contribution is 7.17. The predicted octanol–water partition coefficient (Wildman–Crippen LogP) is 5.25. The first-order chi connectivity index (χ1) is 14.4. The van der Waals surface area contributed by atoms with Crippen molar-refractivity contribution in [1.29, 1.82) is 0 Å². The van der Waals surface area contributed by atoms with Gasteiger partial charge in [0.15, 0.2) is 0 Å². The van der Waals surface area contributed by atoms with Crippen molar-refractivity contribution in [3.63, 3.8) is 0 Å². The zero-order valence-electron chi connectivity index (χ0n) is 17.4. The number of hydrogen-bond donors (Lipinski definition) is 1. The van der Waals surface area contributed by atoms with Gasteiger partial charge in [0.25, 0.3) is 5.56 Å². The molecule has 30 heavy (non-hydrogen) atoms. The predicted molar refractivity (Wildman–Crippen MR) is 123 cm³/mol. The molecule has 5 nitrogen and oxygen atoms in total. The van der Waals surface area contributed by atoms with Gasteiger partial charge in [0.1, 0.15) is 10.9 Å². The molecule has 0 bridgehead atoms. The molecule has 0 spiro atoms. The maximum Gasteiger partial charge on any atom is 0.263 e. The highest BCUT2D eigenvalue weighted by atomic mass is 32.1. The van der Waals surface area contributed by atoms with E-state index in [0.29, 0.717) is 10.2 Å². The van der Waals surface area contributed by atoms with Gasteiger partial charge >= 0.3 is 0 Å². The number of rotatable bonds is 4. The lowest BCUT2D eigenvalue weighted by Gasteiger charge is -2.18. The highest BCUT2D eigenvalue weighted by Crippen LogP contribution is 2.30. The number of benzene rings is 2. The number of hydrogen-bond acceptors (Lipinski definition) is 4. The number of fused-ring (bicyclic) bond motifs is 1. The monoisotopic (exact) mass is 417 g/mol. The molecule has 1 atom stereocenters. The van der Waals surface area contributed by atoms with Crippen LogP contribution in [-0.2, 0) is 4.79 Å². The summed E-state index contributed by atoms with van der Waals surface area (Å²) in [5.74, 6) is -0.246. The van der Waals surface area contributed by atoms with E-state index in [-0.39, 0.29) is 11.5 Å². The number of thiophene rings is 1. The molecule has 0 aliphatic carbocycles. The Kier molecular flexibility index (Phi) is 5.26. The number of carbonyl (C=O) groups excluding carboxylic acids is 1. The smallest absolute Gasteiger partial charge is 0.263 e. The average Bonchev–Trinajstić information content (AvgIpc) is 3.16. The quantitative estimate of drug-likeness (QED) is 0.493. The summed E-state index contributed by atoms with van der Waals surface area (Å²) in [7, 11) is 0. The summed E-state index contributed by atoms with van der Waals surface area (Å²) in [5, 5.41) is 5.49. The molecule has 2 aromatic carbocycles. The Hall–Kier alpha value is -3.25. The van der Waals surface area contributed by atoms with E-state index >= 15 is 0 Å². The van der Waals surface area contributed by atoms with Gasteiger partial charge in [0.2, 0.25) is 5.91 Å². The van der Waals surface area contributed by atoms with Crippen LogP contribution in [0.25, 0.3) is 21.3 Å². The van der Waals surface area contributed by atoms with Crippen LogP contribution in [0.15, 0.2) is 59.0 Å². The van der Waals surface area contributed by atoms with Gasteiger partial charge in [-0.25, -0.2) is 4.98 Å². The zero-order valence-corrected chi connectivity index (χ0v) is 18.2. The van der Waals surface area contributed by atoms with Crippen molar-refractivity contribution in [1.82, 2.24) is 9.55 Å². The van der Waals surface area contributed by atoms with Gasteiger partial charge in [-0.2, -0.15) is 0 Å². The Morgan fingerprint density at radius 3 is 2.43 bits per heavy atom. The van der Waals surface area contributed by atoms with Crippen molar-refractivity contribution in [3.05, 3.63) is 81.2 Å². The summed E-state index contributed by atoms with van der Waals surface area (Å²) in [6, 6.07) is 13.1. The van der Waals surface area contributed by atoms with Crippen LogP contribution in [-0.4, -0.2) is 15.5 Å². The third-order valence-corrected chi connectivity index (χ3v) is 6.21. The van der Waals surface area contributed by atoms with Crippen molar-refractivity contribution in [3.8, 4) is 11.1 Å². The summed E-state index contributed by atoms with van der Waals surface area (Å²) in [4.78, 5) is 31.4. The molecule has 2 aromatic heterocycles. The van der Waals surface area contributed by atoms with Gasteiger partial charge in [0.05, 0.1) is 11.7 Å². The van der Waals surface area contributed by atoms with E-state index in [0.717, 1.165) is 33.5 Å². The zero-order chi connectivity index (χ0) is 21.4. The molecule has 6 heteroatoms. The molecule has 0 fully saturated rings. The second-order valence-electron chi connectivity index (χ2n) is 7.59. The first kappa shape index (κ1) is 20.0. The second kappa shape index (κ2) is 7.88. The van der Waals surface area contributed by atoms with E-state index in [1.54, 1.807) is 6.92 Å². The fourth-order valence-electron chi connectivity index (χ4n) is 3.78. The molecule has 2 heterocycles. The fourth-order valence-corrected chi connectivity index (χ4v) is 4.69. The minimum atomic E-state index is -0.696. The molecule has 0 saturated heterocycles. The average molecular weight is 418 g/mol. The van der Waals surface area contributed by atoms with E-state index in [1.807, 2.05) is 68.6 Å². The summed E-state index contributed by atoms with van der Waals surface area (Å²) in [6.07, 6.45) is 1.47. The number of aryl methyl sites for hydroxylation is 3. The van der Waals surface area contributed by atoms with Crippen LogP contribution in [0, 0.1) is 20.8 Å². The Balaban J connectivity index is 1.72. The van der Waals surface area contributed by atoms with Crippen LogP contribution in [0.1, 0.15) is 29.7 Å². The molecule has 1 amide bonds. The van der Waals surface area contributed by atoms with Crippen molar-refractivity contribution in [2.75, 3.05) is 5.32 Å². The molecule has 0 aliphatic heterocycles. The van der Waals surface area contributed by atoms with Crippen LogP contribution >= 0.6 is 11.3 Å². The van der Waals surface area contributed by atoms with Crippen molar-refractivity contribution in [2.45, 2.75) is 33.7 Å². The molecule has 0 aliphatic rings. The van der Waals surface area contributed by atoms with Crippen molar-refractivity contribution < 1.29 is 4.79 Å². The molecule has 4 aromatic rings. The van der Waals surface area contributed by atoms with Gasteiger partial charge in [0, 0.05) is 16.6 Å². The van der Waals surface area contributed by atoms with Crippen LogP contribution < -0.4 is 10.9 Å². The van der Waals surface area contributed by atoms with Gasteiger partial charge in [-0.05, 0) is 44.4 Å². The van der Waals surface area contributed by atoms with Crippen molar-refractivity contribution in [2.24, 2.45) is 0 Å². The van der Waals surface area contributed by atoms with Crippen molar-refractivity contribution >= 4 is 33.1 Å². The van der Waals surface area contributed by atoms with E-state index in [2.05, 4.69) is 10.3 Å². The van der Waals surface area contributed by atoms with E-state index < -0.39 is 6.04 Å². The molecular formula is C24H23N3O2S. The van der Waals surface area contributed by atoms with Crippen LogP contribution in [0.3, 0.4) is 0 Å². The number of aromatic nitrogens is 2. The lowest BCUT2D eigenvalue weighted by Crippen LogP contribution is -2.32. The largest absolute Gasteiger partial charge is 0.324 e. The number of nitrogens with one attached hydrogen (secondary N) is 1. The highest BCUT2D eigenvalue weighted by Gasteiger charge is 2.21. The molecule has 0 radical (unpaired) electrons. The summed E-state index contributed by atoms with van der Waals surface area (Å²) in [6.45, 7) is 7.69. The summed E-state index contributed by atoms with van der Waals surface area (Å²) >= 11 is 1.43. The lowest BCUT2D eigenvalue weighted by atomic mass is 10.0. The van der Waals surface area contributed by atoms with Gasteiger partial charge in [-0.15, -0.1) is 11.3 Å². The first-order valence-corrected chi connectivity index (χ1v) is 10.7. The standard InChI is InChI=1S/C24H23N3O2S/c1-14-10-15(2)21(16(3)11-14)26-22(28)17(4)27-13-25-23-20(24(27)29)19(12-30-23)18-8-6-5-7-9-18/h5-13,17H,1-4H3,(H,26,28)/t17-/m1/s1. The first-order valence-electron chi connectivity index (χ1n) is 9.79. The maximum absolute atomic E-state index is 13.3. The Bertz CT molecular complexity index is 1280. The Labute approximate surface area is 179 Å². The third kappa shape index (κ3) is 3.55. The third-order valence-electron chi connectivity index (χ3n) is 5.33. The van der Waals surface area contributed by atoms with Gasteiger partial charge < -0.3 is 5.32 Å². The number of nitrogens with zero attached hydrogens (tertiary/aromatic N) is 2. The second-order valence-corrected chi connectivity index (χ2v) is 8.45. The lowest BCUT2D eigenvalue weighted by molar-refractivity contribution is -0.118. The number of anilines is 1. The summed E-state index contributed by atoms with van der Waals surface area (Å²) in [5.41, 5.74) is 5.54. The van der Waals surface area contributed by atoms with E-state index in [1.165, 1.54) is 22.2 Å². The van der Waals surface area contributed by atoms with E-state index in [4.69, 9.17) is 0 Å². The molecule has 1 N–H and O–H groups in total. The van der Waals surface area contributed by atoms with Crippen LogP contribution in [0.5, 0.6) is 0 Å². The minimum absolute atomic E-state index is 0.208. The molecule has 0 saturated carbocycles. The number of amides is 1. The Morgan fingerprint density at radius 1 is 1.10 bits per heavy atom. The van der Waals surface area contributed by atoms with Crippen LogP contribution in [0.4, 0.5) is 5.69 Å². The fraction of sp³-hybridized carbons (Fsp3) is 0.208. The number of carbonyl (C=O) groups is 1. The van der Waals surface area contributed by atoms with Gasteiger partial charge in [-0.1, -0.05) is 48.0 Å². The normalized spacial score (nSPS) is 12.1. The van der Waals surface area contributed by atoms with Crippen LogP contribution in [0.2, 0.25) is 0 Å². The molecular weight excluding hydrogens is 394 g/mol. The summed E-state index contributed by atoms with van der Waals surface area (Å²) < 4.78 is 1.41. The molecule has 152 valence electrons. The molecule has 4 rings (SSSR count).